The van der Waals surface area contributed by atoms with Gasteiger partial charge in [-0.2, -0.15) is 5.10 Å². The molecule has 4 aromatic rings. The van der Waals surface area contributed by atoms with Crippen molar-refractivity contribution in [2.75, 3.05) is 36.0 Å². The van der Waals surface area contributed by atoms with E-state index in [4.69, 9.17) is 5.10 Å². The van der Waals surface area contributed by atoms with E-state index in [9.17, 15) is 4.39 Å². The van der Waals surface area contributed by atoms with E-state index < -0.39 is 0 Å². The molecule has 1 fully saturated rings. The maximum absolute atomic E-state index is 14.1. The summed E-state index contributed by atoms with van der Waals surface area (Å²) >= 11 is 0. The Kier molecular flexibility index (Phi) is 4.62. The fraction of sp³-hybridized carbons (Fsp3) is 0.250. The fourth-order valence-electron chi connectivity index (χ4n) is 4.25. The molecule has 0 N–H and O–H groups in total. The normalized spacial score (nSPS) is 14.5. The third-order valence-corrected chi connectivity index (χ3v) is 5.80. The summed E-state index contributed by atoms with van der Waals surface area (Å²) in [5.74, 6) is 0.759. The van der Waals surface area contributed by atoms with Crippen LogP contribution in [0.3, 0.4) is 0 Å². The largest absolute Gasteiger partial charge is 0.366 e. The molecule has 0 amide bonds. The molecular weight excluding hydrogens is 377 g/mol. The Morgan fingerprint density at radius 2 is 1.67 bits per heavy atom. The number of piperazine rings is 1. The summed E-state index contributed by atoms with van der Waals surface area (Å²) in [5.41, 5.74) is 6.21. The second-order valence-electron chi connectivity index (χ2n) is 7.85. The topological polar surface area (TPSA) is 36.7 Å². The number of aryl methyl sites for hydroxylation is 2. The predicted octanol–water partition coefficient (Wildman–Crippen LogP) is 4.48. The van der Waals surface area contributed by atoms with Gasteiger partial charge in [-0.15, -0.1) is 0 Å². The van der Waals surface area contributed by atoms with Crippen molar-refractivity contribution >= 4 is 17.0 Å². The van der Waals surface area contributed by atoms with Gasteiger partial charge in [-0.1, -0.05) is 35.9 Å². The van der Waals surface area contributed by atoms with Gasteiger partial charge in [-0.05, 0) is 37.6 Å². The van der Waals surface area contributed by atoms with Crippen molar-refractivity contribution in [2.24, 2.45) is 0 Å². The molecule has 2 aromatic heterocycles. The van der Waals surface area contributed by atoms with E-state index in [1.807, 2.05) is 22.8 Å². The maximum Gasteiger partial charge on any atom is 0.154 e. The molecule has 1 aliphatic heterocycles. The van der Waals surface area contributed by atoms with Gasteiger partial charge >= 0.3 is 0 Å². The number of rotatable bonds is 3. The van der Waals surface area contributed by atoms with E-state index in [0.717, 1.165) is 48.8 Å². The highest BCUT2D eigenvalue weighted by atomic mass is 19.1. The summed E-state index contributed by atoms with van der Waals surface area (Å²) < 4.78 is 16.0. The lowest BCUT2D eigenvalue weighted by atomic mass is 10.0. The first-order chi connectivity index (χ1) is 14.6. The van der Waals surface area contributed by atoms with Crippen LogP contribution in [0, 0.1) is 19.7 Å². The number of halogens is 1. The van der Waals surface area contributed by atoms with Gasteiger partial charge in [0.2, 0.25) is 0 Å². The zero-order valence-corrected chi connectivity index (χ0v) is 17.2. The van der Waals surface area contributed by atoms with Crippen LogP contribution in [0.2, 0.25) is 0 Å². The van der Waals surface area contributed by atoms with Crippen LogP contribution in [0.5, 0.6) is 0 Å². The number of hydrogen-bond acceptors (Lipinski definition) is 4. The second kappa shape index (κ2) is 7.44. The average molecular weight is 401 g/mol. The maximum atomic E-state index is 14.1. The van der Waals surface area contributed by atoms with Gasteiger partial charge in [0, 0.05) is 44.1 Å². The molecule has 0 unspecified atom stereocenters. The van der Waals surface area contributed by atoms with Gasteiger partial charge in [0.15, 0.2) is 5.82 Å². The Morgan fingerprint density at radius 3 is 2.43 bits per heavy atom. The average Bonchev–Trinajstić information content (AvgIpc) is 3.18. The van der Waals surface area contributed by atoms with Crippen molar-refractivity contribution < 1.29 is 4.39 Å². The lowest BCUT2D eigenvalue weighted by molar-refractivity contribution is 0.596. The van der Waals surface area contributed by atoms with Crippen LogP contribution in [-0.2, 0) is 0 Å². The molecule has 0 saturated carbocycles. The number of para-hydroxylation sites is 1. The summed E-state index contributed by atoms with van der Waals surface area (Å²) in [5, 5.41) is 4.79. The molecule has 0 bridgehead atoms. The van der Waals surface area contributed by atoms with E-state index in [-0.39, 0.29) is 5.82 Å². The van der Waals surface area contributed by atoms with Crippen molar-refractivity contribution in [2.45, 2.75) is 13.8 Å². The van der Waals surface area contributed by atoms with Gasteiger partial charge in [-0.3, -0.25) is 0 Å². The molecule has 1 aliphatic rings. The third-order valence-electron chi connectivity index (χ3n) is 5.80. The zero-order chi connectivity index (χ0) is 20.7. The Hall–Kier alpha value is -3.41. The smallest absolute Gasteiger partial charge is 0.154 e. The molecule has 30 heavy (non-hydrogen) atoms. The third kappa shape index (κ3) is 3.28. The summed E-state index contributed by atoms with van der Waals surface area (Å²) in [6.07, 6.45) is 3.69. The van der Waals surface area contributed by atoms with Crippen molar-refractivity contribution in [1.29, 1.82) is 0 Å². The highest BCUT2D eigenvalue weighted by Gasteiger charge is 2.22. The van der Waals surface area contributed by atoms with Crippen molar-refractivity contribution in [3.63, 3.8) is 0 Å². The molecule has 0 radical (unpaired) electrons. The van der Waals surface area contributed by atoms with Crippen LogP contribution in [0.1, 0.15) is 11.1 Å². The molecular formula is C24H24FN5. The van der Waals surface area contributed by atoms with Gasteiger partial charge < -0.3 is 9.80 Å². The van der Waals surface area contributed by atoms with Crippen LogP contribution in [0.25, 0.3) is 16.8 Å². The summed E-state index contributed by atoms with van der Waals surface area (Å²) in [6.45, 7) is 7.29. The fourth-order valence-corrected chi connectivity index (χ4v) is 4.25. The van der Waals surface area contributed by atoms with Crippen LogP contribution in [0.15, 0.2) is 60.9 Å². The number of benzene rings is 2. The SMILES string of the molecule is Cc1ccc(-c2cc3c(N4CCN(c5ccccc5F)CC4)nccn3n2)c(C)c1. The second-order valence-corrected chi connectivity index (χ2v) is 7.85. The van der Waals surface area contributed by atoms with Crippen LogP contribution in [0.4, 0.5) is 15.9 Å². The number of anilines is 2. The van der Waals surface area contributed by atoms with Gasteiger partial charge in [0.05, 0.1) is 11.4 Å². The van der Waals surface area contributed by atoms with E-state index in [2.05, 4.69) is 52.9 Å². The predicted molar refractivity (Wildman–Crippen MR) is 119 cm³/mol. The minimum absolute atomic E-state index is 0.167. The van der Waals surface area contributed by atoms with Crippen LogP contribution in [-0.4, -0.2) is 40.8 Å². The van der Waals surface area contributed by atoms with E-state index in [0.29, 0.717) is 5.69 Å². The van der Waals surface area contributed by atoms with Gasteiger partial charge in [0.1, 0.15) is 11.3 Å². The molecule has 0 aliphatic carbocycles. The zero-order valence-electron chi connectivity index (χ0n) is 17.2. The van der Waals surface area contributed by atoms with E-state index >= 15 is 0 Å². The Balaban J connectivity index is 1.43. The van der Waals surface area contributed by atoms with Gasteiger partial charge in [-0.25, -0.2) is 13.9 Å². The number of aromatic nitrogens is 3. The minimum Gasteiger partial charge on any atom is -0.366 e. The summed E-state index contributed by atoms with van der Waals surface area (Å²) in [7, 11) is 0. The molecule has 5 nitrogen and oxygen atoms in total. The van der Waals surface area contributed by atoms with Crippen molar-refractivity contribution in [3.8, 4) is 11.3 Å². The minimum atomic E-state index is -0.167. The molecule has 5 rings (SSSR count). The standard InChI is InChI=1S/C24H24FN5/c1-17-7-8-19(18(2)15-17)21-16-23-24(26-9-10-30(23)27-21)29-13-11-28(12-14-29)22-6-4-3-5-20(22)25/h3-10,15-16H,11-14H2,1-2H3. The Morgan fingerprint density at radius 1 is 0.900 bits per heavy atom. The molecule has 2 aromatic carbocycles. The molecule has 0 spiro atoms. The van der Waals surface area contributed by atoms with E-state index in [1.54, 1.807) is 12.3 Å². The number of nitrogens with zero attached hydrogens (tertiary/aromatic N) is 5. The van der Waals surface area contributed by atoms with Crippen LogP contribution < -0.4 is 9.80 Å². The monoisotopic (exact) mass is 401 g/mol. The van der Waals surface area contributed by atoms with Crippen molar-refractivity contribution in [3.05, 3.63) is 77.9 Å². The highest BCUT2D eigenvalue weighted by Crippen LogP contribution is 2.29. The first-order valence-electron chi connectivity index (χ1n) is 10.3. The Bertz CT molecular complexity index is 1210. The number of fused-ring (bicyclic) bond motifs is 1. The van der Waals surface area contributed by atoms with Crippen LogP contribution >= 0.6 is 0 Å². The first-order valence-corrected chi connectivity index (χ1v) is 10.3. The lowest BCUT2D eigenvalue weighted by Crippen LogP contribution is -2.47. The molecule has 1 saturated heterocycles. The van der Waals surface area contributed by atoms with E-state index in [1.165, 1.54) is 17.2 Å². The van der Waals surface area contributed by atoms with Gasteiger partial charge in [0.25, 0.3) is 0 Å². The quantitative estimate of drug-likeness (QED) is 0.507. The van der Waals surface area contributed by atoms with Crippen molar-refractivity contribution in [1.82, 2.24) is 14.6 Å². The summed E-state index contributed by atoms with van der Waals surface area (Å²) in [6, 6.07) is 15.5. The molecule has 0 atom stereocenters. The molecule has 152 valence electrons. The molecule has 6 heteroatoms. The summed E-state index contributed by atoms with van der Waals surface area (Å²) in [4.78, 5) is 9.03. The molecule has 3 heterocycles. The first kappa shape index (κ1) is 18.6. The highest BCUT2D eigenvalue weighted by molar-refractivity contribution is 5.76. The Labute approximate surface area is 175 Å². The number of hydrogen-bond donors (Lipinski definition) is 0. The lowest BCUT2D eigenvalue weighted by Gasteiger charge is -2.36.